The minimum absolute atomic E-state index is 0.181. The number of carboxylic acids is 1. The Bertz CT molecular complexity index is 667. The van der Waals surface area contributed by atoms with Crippen LogP contribution >= 0.6 is 11.3 Å². The number of hydrogen-bond donors (Lipinski definition) is 2. The Balaban J connectivity index is 2.01. The topological polar surface area (TPSA) is 79.3 Å². The molecule has 0 aliphatic rings. The van der Waals surface area contributed by atoms with Crippen LogP contribution in [0, 0.1) is 5.92 Å². The summed E-state index contributed by atoms with van der Waals surface area (Å²) in [5.74, 6) is -1.28. The van der Waals surface area contributed by atoms with E-state index in [4.69, 9.17) is 0 Å². The van der Waals surface area contributed by atoms with Crippen molar-refractivity contribution < 1.29 is 14.7 Å². The van der Waals surface area contributed by atoms with Crippen LogP contribution in [0.15, 0.2) is 35.7 Å². The van der Waals surface area contributed by atoms with Gasteiger partial charge in [-0.25, -0.2) is 9.78 Å². The van der Waals surface area contributed by atoms with E-state index in [0.717, 1.165) is 10.6 Å². The fraction of sp³-hybridized carbons (Fsp3) is 0.353. The third-order valence-electron chi connectivity index (χ3n) is 3.29. The summed E-state index contributed by atoms with van der Waals surface area (Å²) in [5, 5.41) is 14.2. The monoisotopic (exact) mass is 332 g/mol. The number of nitrogens with zero attached hydrogens (tertiary/aromatic N) is 1. The molecule has 0 aliphatic carbocycles. The molecule has 122 valence electrons. The lowest BCUT2D eigenvalue weighted by Gasteiger charge is -2.15. The third kappa shape index (κ3) is 5.17. The van der Waals surface area contributed by atoms with Crippen molar-refractivity contribution in [2.45, 2.75) is 32.7 Å². The fourth-order valence-electron chi connectivity index (χ4n) is 2.19. The van der Waals surface area contributed by atoms with Crippen LogP contribution in [-0.4, -0.2) is 28.0 Å². The normalized spacial score (nSPS) is 12.1. The maximum Gasteiger partial charge on any atom is 0.326 e. The Hall–Kier alpha value is -2.21. The van der Waals surface area contributed by atoms with Gasteiger partial charge in [0.15, 0.2) is 0 Å². The van der Waals surface area contributed by atoms with Crippen molar-refractivity contribution in [2.24, 2.45) is 5.92 Å². The van der Waals surface area contributed by atoms with Crippen molar-refractivity contribution in [1.82, 2.24) is 10.3 Å². The number of thiazole rings is 1. The van der Waals surface area contributed by atoms with Crippen LogP contribution in [0.25, 0.3) is 0 Å². The Morgan fingerprint density at radius 1 is 1.26 bits per heavy atom. The second-order valence-electron chi connectivity index (χ2n) is 5.78. The molecule has 0 saturated heterocycles. The molecule has 6 heteroatoms. The Labute approximate surface area is 139 Å². The first kappa shape index (κ1) is 17.1. The van der Waals surface area contributed by atoms with E-state index in [1.807, 2.05) is 44.2 Å². The van der Waals surface area contributed by atoms with Crippen molar-refractivity contribution in [3.8, 4) is 0 Å². The highest BCUT2D eigenvalue weighted by atomic mass is 32.1. The van der Waals surface area contributed by atoms with Crippen LogP contribution in [0.5, 0.6) is 0 Å². The molecule has 1 aromatic heterocycles. The molecule has 0 radical (unpaired) electrons. The third-order valence-corrected chi connectivity index (χ3v) is 4.14. The molecule has 0 spiro atoms. The van der Waals surface area contributed by atoms with Gasteiger partial charge in [0.25, 0.3) is 5.91 Å². The second kappa shape index (κ2) is 7.87. The zero-order valence-electron chi connectivity index (χ0n) is 13.2. The van der Waals surface area contributed by atoms with Crippen LogP contribution < -0.4 is 5.32 Å². The van der Waals surface area contributed by atoms with Crippen LogP contribution in [-0.2, 0) is 11.2 Å². The lowest BCUT2D eigenvalue weighted by atomic mass is 10.0. The summed E-state index contributed by atoms with van der Waals surface area (Å²) in [6, 6.07) is 8.99. The van der Waals surface area contributed by atoms with Gasteiger partial charge in [-0.1, -0.05) is 44.2 Å². The van der Waals surface area contributed by atoms with Crippen LogP contribution in [0.2, 0.25) is 0 Å². The molecular weight excluding hydrogens is 312 g/mol. The smallest absolute Gasteiger partial charge is 0.326 e. The summed E-state index contributed by atoms with van der Waals surface area (Å²) in [5.41, 5.74) is 1.40. The van der Waals surface area contributed by atoms with Crippen molar-refractivity contribution in [1.29, 1.82) is 0 Å². The number of carbonyl (C=O) groups excluding carboxylic acids is 1. The summed E-state index contributed by atoms with van der Waals surface area (Å²) in [4.78, 5) is 27.7. The summed E-state index contributed by atoms with van der Waals surface area (Å²) in [7, 11) is 0. The Kier molecular flexibility index (Phi) is 5.87. The molecule has 1 amide bonds. The lowest BCUT2D eigenvalue weighted by Crippen LogP contribution is -2.41. The minimum Gasteiger partial charge on any atom is -0.480 e. The predicted molar refractivity (Wildman–Crippen MR) is 89.7 cm³/mol. The molecule has 0 bridgehead atoms. The lowest BCUT2D eigenvalue weighted by molar-refractivity contribution is -0.139. The summed E-state index contributed by atoms with van der Waals surface area (Å²) in [6.07, 6.45) is 1.05. The second-order valence-corrected chi connectivity index (χ2v) is 6.73. The molecule has 0 saturated carbocycles. The van der Waals surface area contributed by atoms with Gasteiger partial charge in [0.1, 0.15) is 11.7 Å². The van der Waals surface area contributed by atoms with Gasteiger partial charge in [-0.15, -0.1) is 11.3 Å². The molecule has 1 atom stereocenters. The molecule has 5 nitrogen and oxygen atoms in total. The molecule has 1 aromatic carbocycles. The van der Waals surface area contributed by atoms with Crippen LogP contribution in [0.4, 0.5) is 0 Å². The largest absolute Gasteiger partial charge is 0.480 e. The van der Waals surface area contributed by atoms with Gasteiger partial charge in [-0.05, 0) is 17.9 Å². The van der Waals surface area contributed by atoms with E-state index in [1.54, 1.807) is 5.38 Å². The highest BCUT2D eigenvalue weighted by Crippen LogP contribution is 2.15. The number of aromatic nitrogens is 1. The van der Waals surface area contributed by atoms with Crippen molar-refractivity contribution in [3.05, 3.63) is 52.0 Å². The SMILES string of the molecule is CC(C)C[C@H](NC(=O)c1csc(Cc2ccccc2)n1)C(=O)O. The minimum atomic E-state index is -1.02. The number of carboxylic acid groups (broad SMARTS) is 1. The highest BCUT2D eigenvalue weighted by molar-refractivity contribution is 7.09. The maximum absolute atomic E-state index is 12.2. The van der Waals surface area contributed by atoms with Crippen LogP contribution in [0.1, 0.15) is 41.3 Å². The predicted octanol–water partition coefficient (Wildman–Crippen LogP) is 2.96. The van der Waals surface area contributed by atoms with Gasteiger partial charge in [-0.3, -0.25) is 4.79 Å². The molecule has 0 aliphatic heterocycles. The number of amides is 1. The summed E-state index contributed by atoms with van der Waals surface area (Å²) in [6.45, 7) is 3.84. The van der Waals surface area contributed by atoms with E-state index in [0.29, 0.717) is 12.8 Å². The van der Waals surface area contributed by atoms with Crippen molar-refractivity contribution in [2.75, 3.05) is 0 Å². The molecule has 2 rings (SSSR count). The quantitative estimate of drug-likeness (QED) is 0.817. The van der Waals surface area contributed by atoms with E-state index in [-0.39, 0.29) is 11.6 Å². The van der Waals surface area contributed by atoms with Crippen molar-refractivity contribution in [3.63, 3.8) is 0 Å². The van der Waals surface area contributed by atoms with E-state index in [9.17, 15) is 14.7 Å². The van der Waals surface area contributed by atoms with Crippen LogP contribution in [0.3, 0.4) is 0 Å². The van der Waals surface area contributed by atoms with Gasteiger partial charge in [-0.2, -0.15) is 0 Å². The number of benzene rings is 1. The first-order chi connectivity index (χ1) is 11.0. The number of hydrogen-bond acceptors (Lipinski definition) is 4. The first-order valence-corrected chi connectivity index (χ1v) is 8.35. The average molecular weight is 332 g/mol. The molecule has 23 heavy (non-hydrogen) atoms. The number of nitrogens with one attached hydrogen (secondary N) is 1. The summed E-state index contributed by atoms with van der Waals surface area (Å²) < 4.78 is 0. The molecule has 2 aromatic rings. The van der Waals surface area contributed by atoms with Gasteiger partial charge >= 0.3 is 5.97 Å². The molecular formula is C17H20N2O3S. The first-order valence-electron chi connectivity index (χ1n) is 7.47. The van der Waals surface area contributed by atoms with E-state index in [2.05, 4.69) is 10.3 Å². The summed E-state index contributed by atoms with van der Waals surface area (Å²) >= 11 is 1.40. The molecule has 0 fully saturated rings. The van der Waals surface area contributed by atoms with Gasteiger partial charge in [0, 0.05) is 11.8 Å². The molecule has 0 unspecified atom stereocenters. The van der Waals surface area contributed by atoms with E-state index >= 15 is 0 Å². The zero-order chi connectivity index (χ0) is 16.8. The van der Waals surface area contributed by atoms with Crippen molar-refractivity contribution >= 4 is 23.2 Å². The molecule has 1 heterocycles. The number of carbonyl (C=O) groups is 2. The number of aliphatic carboxylic acids is 1. The van der Waals surface area contributed by atoms with Gasteiger partial charge in [0.05, 0.1) is 5.01 Å². The average Bonchev–Trinajstić information content (AvgIpc) is 2.95. The Morgan fingerprint density at radius 3 is 2.57 bits per heavy atom. The highest BCUT2D eigenvalue weighted by Gasteiger charge is 2.22. The standard InChI is InChI=1S/C17H20N2O3S/c1-11(2)8-13(17(21)22)19-16(20)14-10-23-15(18-14)9-12-6-4-3-5-7-12/h3-7,10-11,13H,8-9H2,1-2H3,(H,19,20)(H,21,22)/t13-/m0/s1. The fourth-order valence-corrected chi connectivity index (χ4v) is 3.00. The van der Waals surface area contributed by atoms with E-state index in [1.165, 1.54) is 11.3 Å². The van der Waals surface area contributed by atoms with Gasteiger partial charge in [0.2, 0.25) is 0 Å². The number of rotatable bonds is 7. The molecule has 2 N–H and O–H groups in total. The maximum atomic E-state index is 12.2. The van der Waals surface area contributed by atoms with Gasteiger partial charge < -0.3 is 10.4 Å². The van der Waals surface area contributed by atoms with E-state index < -0.39 is 17.9 Å². The zero-order valence-corrected chi connectivity index (χ0v) is 14.0. The Morgan fingerprint density at radius 2 is 1.96 bits per heavy atom.